The molecule has 3 aromatic rings. The number of pyridine rings is 1. The van der Waals surface area contributed by atoms with Crippen LogP contribution < -0.4 is 11.1 Å². The van der Waals surface area contributed by atoms with Crippen molar-refractivity contribution in [1.82, 2.24) is 4.98 Å². The van der Waals surface area contributed by atoms with Gasteiger partial charge in [0, 0.05) is 17.3 Å². The molecule has 0 aliphatic carbocycles. The summed E-state index contributed by atoms with van der Waals surface area (Å²) in [5, 5.41) is 3.56. The van der Waals surface area contributed by atoms with E-state index in [-0.39, 0.29) is 11.6 Å². The zero-order valence-electron chi connectivity index (χ0n) is 11.5. The summed E-state index contributed by atoms with van der Waals surface area (Å²) in [6, 6.07) is 6.58. The zero-order valence-corrected chi connectivity index (χ0v) is 11.5. The molecule has 4 nitrogen and oxygen atoms in total. The van der Waals surface area contributed by atoms with Crippen molar-refractivity contribution in [3.8, 4) is 0 Å². The van der Waals surface area contributed by atoms with Crippen LogP contribution in [0, 0.1) is 6.92 Å². The Hall–Kier alpha value is -2.70. The first-order chi connectivity index (χ1) is 10.4. The number of halogens is 3. The summed E-state index contributed by atoms with van der Waals surface area (Å²) in [7, 11) is 0. The first kappa shape index (κ1) is 14.2. The molecule has 0 aliphatic rings. The van der Waals surface area contributed by atoms with Gasteiger partial charge in [0.15, 0.2) is 5.58 Å². The third-order valence-electron chi connectivity index (χ3n) is 3.27. The number of nitrogens with two attached hydrogens (primary N) is 1. The van der Waals surface area contributed by atoms with Crippen LogP contribution in [-0.4, -0.2) is 4.98 Å². The average Bonchev–Trinajstić information content (AvgIpc) is 2.77. The van der Waals surface area contributed by atoms with Gasteiger partial charge in [-0.2, -0.15) is 13.2 Å². The zero-order chi connectivity index (χ0) is 15.9. The minimum absolute atomic E-state index is 0.100. The number of aryl methyl sites for hydroxylation is 1. The van der Waals surface area contributed by atoms with E-state index in [4.69, 9.17) is 10.2 Å². The highest BCUT2D eigenvalue weighted by atomic mass is 19.4. The van der Waals surface area contributed by atoms with Crippen LogP contribution in [-0.2, 0) is 6.18 Å². The number of nitrogens with one attached hydrogen (secondary N) is 1. The molecule has 2 heterocycles. The first-order valence-electron chi connectivity index (χ1n) is 6.44. The van der Waals surface area contributed by atoms with Gasteiger partial charge in [0.05, 0.1) is 11.3 Å². The monoisotopic (exact) mass is 307 g/mol. The lowest BCUT2D eigenvalue weighted by molar-refractivity contribution is -0.137. The van der Waals surface area contributed by atoms with Crippen LogP contribution in [0.5, 0.6) is 0 Å². The van der Waals surface area contributed by atoms with E-state index in [2.05, 4.69) is 10.3 Å². The molecule has 0 atom stereocenters. The van der Waals surface area contributed by atoms with E-state index >= 15 is 0 Å². The van der Waals surface area contributed by atoms with Gasteiger partial charge in [-0.1, -0.05) is 6.07 Å². The Morgan fingerprint density at radius 2 is 2.00 bits per heavy atom. The van der Waals surface area contributed by atoms with Crippen molar-refractivity contribution in [2.75, 3.05) is 11.1 Å². The van der Waals surface area contributed by atoms with Gasteiger partial charge in [0.25, 0.3) is 0 Å². The van der Waals surface area contributed by atoms with Gasteiger partial charge in [-0.25, -0.2) is 0 Å². The van der Waals surface area contributed by atoms with Gasteiger partial charge in [-0.3, -0.25) is 4.98 Å². The van der Waals surface area contributed by atoms with Crippen LogP contribution >= 0.6 is 0 Å². The summed E-state index contributed by atoms with van der Waals surface area (Å²) >= 11 is 0. The van der Waals surface area contributed by atoms with Crippen LogP contribution in [0.15, 0.2) is 40.9 Å². The SMILES string of the molecule is Cc1nccc2c(Nc3cccc(C(F)(F)F)c3)c(N)oc12. The molecule has 0 spiro atoms. The van der Waals surface area contributed by atoms with E-state index in [0.29, 0.717) is 22.4 Å². The van der Waals surface area contributed by atoms with Crippen LogP contribution in [0.3, 0.4) is 0 Å². The maximum atomic E-state index is 12.8. The first-order valence-corrected chi connectivity index (χ1v) is 6.44. The van der Waals surface area contributed by atoms with Crippen LogP contribution in [0.4, 0.5) is 30.4 Å². The number of hydrogen-bond acceptors (Lipinski definition) is 4. The van der Waals surface area contributed by atoms with Crippen LogP contribution in [0.2, 0.25) is 0 Å². The Balaban J connectivity index is 2.04. The fourth-order valence-corrected chi connectivity index (χ4v) is 2.22. The molecule has 0 unspecified atom stereocenters. The number of benzene rings is 1. The number of anilines is 3. The average molecular weight is 307 g/mol. The number of fused-ring (bicyclic) bond motifs is 1. The second-order valence-corrected chi connectivity index (χ2v) is 4.82. The molecular formula is C15H12F3N3O. The van der Waals surface area contributed by atoms with E-state index in [9.17, 15) is 13.2 Å². The predicted molar refractivity (Wildman–Crippen MR) is 77.9 cm³/mol. The molecular weight excluding hydrogens is 295 g/mol. The molecule has 0 aliphatic heterocycles. The van der Waals surface area contributed by atoms with E-state index in [1.165, 1.54) is 12.1 Å². The summed E-state index contributed by atoms with van der Waals surface area (Å²) < 4.78 is 43.7. The van der Waals surface area contributed by atoms with Gasteiger partial charge in [-0.15, -0.1) is 0 Å². The topological polar surface area (TPSA) is 64.1 Å². The molecule has 3 N–H and O–H groups in total. The molecule has 3 rings (SSSR count). The molecule has 0 radical (unpaired) electrons. The van der Waals surface area contributed by atoms with Gasteiger partial charge in [-0.05, 0) is 31.2 Å². The largest absolute Gasteiger partial charge is 0.437 e. The van der Waals surface area contributed by atoms with Gasteiger partial charge >= 0.3 is 6.18 Å². The number of nitrogens with zero attached hydrogens (tertiary/aromatic N) is 1. The third kappa shape index (κ3) is 2.45. The second-order valence-electron chi connectivity index (χ2n) is 4.82. The quantitative estimate of drug-likeness (QED) is 0.732. The molecule has 114 valence electrons. The number of aromatic nitrogens is 1. The number of rotatable bonds is 2. The minimum atomic E-state index is -4.40. The van der Waals surface area contributed by atoms with E-state index < -0.39 is 11.7 Å². The van der Waals surface area contributed by atoms with Crippen molar-refractivity contribution in [3.63, 3.8) is 0 Å². The van der Waals surface area contributed by atoms with Crippen molar-refractivity contribution >= 4 is 28.2 Å². The Morgan fingerprint density at radius 3 is 2.73 bits per heavy atom. The summed E-state index contributed by atoms with van der Waals surface area (Å²) in [6.07, 6.45) is -2.81. The van der Waals surface area contributed by atoms with Crippen molar-refractivity contribution in [3.05, 3.63) is 47.8 Å². The highest BCUT2D eigenvalue weighted by Crippen LogP contribution is 2.37. The molecule has 7 heteroatoms. The molecule has 1 aromatic carbocycles. The fourth-order valence-electron chi connectivity index (χ4n) is 2.22. The third-order valence-corrected chi connectivity index (χ3v) is 3.27. The van der Waals surface area contributed by atoms with Crippen molar-refractivity contribution < 1.29 is 17.6 Å². The fraction of sp³-hybridized carbons (Fsp3) is 0.133. The van der Waals surface area contributed by atoms with Crippen molar-refractivity contribution in [2.24, 2.45) is 0 Å². The Morgan fingerprint density at radius 1 is 1.23 bits per heavy atom. The molecule has 0 saturated heterocycles. The Kier molecular flexibility index (Phi) is 3.20. The van der Waals surface area contributed by atoms with E-state index in [1.54, 1.807) is 19.2 Å². The summed E-state index contributed by atoms with van der Waals surface area (Å²) in [5.41, 5.74) is 6.95. The smallest absolute Gasteiger partial charge is 0.416 e. The number of nitrogen functional groups attached to an aromatic ring is 1. The van der Waals surface area contributed by atoms with Crippen LogP contribution in [0.25, 0.3) is 11.0 Å². The van der Waals surface area contributed by atoms with Gasteiger partial charge in [0.1, 0.15) is 5.69 Å². The Labute approximate surface area is 123 Å². The van der Waals surface area contributed by atoms with E-state index in [0.717, 1.165) is 12.1 Å². The van der Waals surface area contributed by atoms with Crippen molar-refractivity contribution in [1.29, 1.82) is 0 Å². The lowest BCUT2D eigenvalue weighted by Gasteiger charge is -2.10. The summed E-state index contributed by atoms with van der Waals surface area (Å²) in [6.45, 7) is 1.76. The number of furan rings is 1. The summed E-state index contributed by atoms with van der Waals surface area (Å²) in [4.78, 5) is 4.09. The molecule has 2 aromatic heterocycles. The Bertz CT molecular complexity index is 840. The number of hydrogen-bond donors (Lipinski definition) is 2. The normalized spacial score (nSPS) is 11.8. The maximum absolute atomic E-state index is 12.8. The lowest BCUT2D eigenvalue weighted by atomic mass is 10.2. The van der Waals surface area contributed by atoms with Crippen molar-refractivity contribution in [2.45, 2.75) is 13.1 Å². The number of alkyl halides is 3. The second kappa shape index (κ2) is 4.94. The predicted octanol–water partition coefficient (Wildman–Crippen LogP) is 4.48. The summed E-state index contributed by atoms with van der Waals surface area (Å²) in [5.74, 6) is 0.100. The van der Waals surface area contributed by atoms with Crippen LogP contribution in [0.1, 0.15) is 11.3 Å². The lowest BCUT2D eigenvalue weighted by Crippen LogP contribution is -2.05. The standard InChI is InChI=1S/C15H12F3N3O/c1-8-13-11(5-6-20-8)12(14(19)22-13)21-10-4-2-3-9(7-10)15(16,17)18/h2-7,21H,19H2,1H3. The highest BCUT2D eigenvalue weighted by Gasteiger charge is 2.30. The maximum Gasteiger partial charge on any atom is 0.416 e. The van der Waals surface area contributed by atoms with Gasteiger partial charge < -0.3 is 15.5 Å². The molecule has 0 bridgehead atoms. The highest BCUT2D eigenvalue weighted by molar-refractivity contribution is 5.99. The molecule has 0 saturated carbocycles. The molecule has 0 fully saturated rings. The molecule has 22 heavy (non-hydrogen) atoms. The van der Waals surface area contributed by atoms with Gasteiger partial charge in [0.2, 0.25) is 5.88 Å². The van der Waals surface area contributed by atoms with E-state index in [1.807, 2.05) is 0 Å². The molecule has 0 amide bonds. The minimum Gasteiger partial charge on any atom is -0.437 e.